The van der Waals surface area contributed by atoms with Gasteiger partial charge in [0.1, 0.15) is 0 Å². The van der Waals surface area contributed by atoms with E-state index in [1.54, 1.807) is 27.6 Å². The summed E-state index contributed by atoms with van der Waals surface area (Å²) in [5.74, 6) is 0.0728. The predicted molar refractivity (Wildman–Crippen MR) is 72.1 cm³/mol. The number of halogens is 1. The third-order valence-corrected chi connectivity index (χ3v) is 4.39. The summed E-state index contributed by atoms with van der Waals surface area (Å²) in [4.78, 5) is 13.7. The van der Waals surface area contributed by atoms with Crippen LogP contribution >= 0.6 is 38.6 Å². The zero-order valence-electron chi connectivity index (χ0n) is 8.64. The maximum absolute atomic E-state index is 11.9. The Kier molecular flexibility index (Phi) is 3.78. The lowest BCUT2D eigenvalue weighted by molar-refractivity contribution is 0.0786. The molecule has 0 saturated carbocycles. The van der Waals surface area contributed by atoms with Crippen molar-refractivity contribution in [1.82, 2.24) is 4.90 Å². The highest BCUT2D eigenvalue weighted by Crippen LogP contribution is 2.22. The molecule has 2 rings (SSSR count). The molecule has 2 heterocycles. The molecule has 84 valence electrons. The van der Waals surface area contributed by atoms with Crippen LogP contribution in [0.1, 0.15) is 15.9 Å². The molecule has 0 radical (unpaired) electrons. The van der Waals surface area contributed by atoms with Gasteiger partial charge in [0.2, 0.25) is 0 Å². The van der Waals surface area contributed by atoms with Gasteiger partial charge in [-0.25, -0.2) is 0 Å². The van der Waals surface area contributed by atoms with Crippen molar-refractivity contribution in [2.45, 2.75) is 6.54 Å². The Morgan fingerprint density at radius 3 is 2.88 bits per heavy atom. The minimum Gasteiger partial charge on any atom is -0.337 e. The number of carbonyl (C=O) groups is 1. The second kappa shape index (κ2) is 5.12. The normalized spacial score (nSPS) is 10.4. The van der Waals surface area contributed by atoms with Gasteiger partial charge >= 0.3 is 0 Å². The van der Waals surface area contributed by atoms with Crippen molar-refractivity contribution in [2.24, 2.45) is 0 Å². The largest absolute Gasteiger partial charge is 0.337 e. The van der Waals surface area contributed by atoms with E-state index in [1.165, 1.54) is 0 Å². The van der Waals surface area contributed by atoms with Crippen LogP contribution in [0.2, 0.25) is 0 Å². The van der Waals surface area contributed by atoms with Gasteiger partial charge in [0, 0.05) is 19.0 Å². The number of hydrogen-bond donors (Lipinski definition) is 0. The quantitative estimate of drug-likeness (QED) is 0.842. The van der Waals surface area contributed by atoms with Crippen LogP contribution in [-0.4, -0.2) is 17.9 Å². The third-order valence-electron chi connectivity index (χ3n) is 2.16. The number of carbonyl (C=O) groups excluding carboxylic acids is 1. The average Bonchev–Trinajstić information content (AvgIpc) is 2.88. The monoisotopic (exact) mass is 315 g/mol. The van der Waals surface area contributed by atoms with Crippen molar-refractivity contribution in [3.8, 4) is 0 Å². The van der Waals surface area contributed by atoms with Crippen LogP contribution in [0.4, 0.5) is 0 Å². The Morgan fingerprint density at radius 2 is 2.31 bits per heavy atom. The third kappa shape index (κ3) is 2.72. The van der Waals surface area contributed by atoms with Gasteiger partial charge in [-0.05, 0) is 44.4 Å². The first-order valence-electron chi connectivity index (χ1n) is 4.67. The van der Waals surface area contributed by atoms with Crippen molar-refractivity contribution < 1.29 is 4.79 Å². The summed E-state index contributed by atoms with van der Waals surface area (Å²) in [6.07, 6.45) is 0. The molecular weight excluding hydrogens is 306 g/mol. The zero-order chi connectivity index (χ0) is 11.5. The van der Waals surface area contributed by atoms with Crippen LogP contribution < -0.4 is 0 Å². The van der Waals surface area contributed by atoms with Gasteiger partial charge < -0.3 is 4.90 Å². The maximum atomic E-state index is 11.9. The van der Waals surface area contributed by atoms with Crippen LogP contribution in [0.5, 0.6) is 0 Å². The lowest BCUT2D eigenvalue weighted by atomic mass is 10.2. The molecule has 5 heteroatoms. The highest BCUT2D eigenvalue weighted by molar-refractivity contribution is 9.11. The Bertz CT molecular complexity index is 478. The Balaban J connectivity index is 2.03. The lowest BCUT2D eigenvalue weighted by Gasteiger charge is -2.15. The molecule has 2 aromatic rings. The summed E-state index contributed by atoms with van der Waals surface area (Å²) < 4.78 is 1.10. The second-order valence-corrected chi connectivity index (χ2v) is 6.50. The topological polar surface area (TPSA) is 20.3 Å². The van der Waals surface area contributed by atoms with Crippen molar-refractivity contribution >= 4 is 44.5 Å². The Morgan fingerprint density at radius 1 is 1.50 bits per heavy atom. The van der Waals surface area contributed by atoms with Crippen molar-refractivity contribution in [3.63, 3.8) is 0 Å². The van der Waals surface area contributed by atoms with E-state index in [0.717, 1.165) is 14.9 Å². The van der Waals surface area contributed by atoms with Crippen molar-refractivity contribution in [3.05, 3.63) is 43.2 Å². The summed E-state index contributed by atoms with van der Waals surface area (Å²) in [6.45, 7) is 0.650. The summed E-state index contributed by atoms with van der Waals surface area (Å²) in [7, 11) is 1.82. The predicted octanol–water partition coefficient (Wildman–Crippen LogP) is 3.84. The summed E-state index contributed by atoms with van der Waals surface area (Å²) in [5, 5.41) is 5.85. The summed E-state index contributed by atoms with van der Waals surface area (Å²) >= 11 is 6.59. The van der Waals surface area contributed by atoms with Crippen LogP contribution in [0.25, 0.3) is 0 Å². The molecule has 2 aromatic heterocycles. The highest BCUT2D eigenvalue weighted by atomic mass is 79.9. The van der Waals surface area contributed by atoms with Crippen LogP contribution in [-0.2, 0) is 6.54 Å². The molecule has 0 atom stereocenters. The molecule has 0 aromatic carbocycles. The lowest BCUT2D eigenvalue weighted by Crippen LogP contribution is -2.25. The van der Waals surface area contributed by atoms with Crippen molar-refractivity contribution in [2.75, 3.05) is 7.05 Å². The number of hydrogen-bond acceptors (Lipinski definition) is 3. The standard InChI is InChI=1S/C11H10BrNOS2/c1-13(5-8-4-10(12)16-6-8)11(14)9-2-3-15-7-9/h2-4,6-7H,5H2,1H3. The van der Waals surface area contributed by atoms with Gasteiger partial charge in [0.05, 0.1) is 9.35 Å². The average molecular weight is 316 g/mol. The van der Waals surface area contributed by atoms with Crippen LogP contribution in [0, 0.1) is 0 Å². The summed E-state index contributed by atoms with van der Waals surface area (Å²) in [6, 6.07) is 3.90. The van der Waals surface area contributed by atoms with Crippen LogP contribution in [0.3, 0.4) is 0 Å². The fourth-order valence-electron chi connectivity index (χ4n) is 1.38. The number of nitrogens with zero attached hydrogens (tertiary/aromatic N) is 1. The maximum Gasteiger partial charge on any atom is 0.254 e. The van der Waals surface area contributed by atoms with Gasteiger partial charge in [-0.15, -0.1) is 11.3 Å². The molecule has 16 heavy (non-hydrogen) atoms. The molecule has 0 unspecified atom stereocenters. The number of amides is 1. The number of rotatable bonds is 3. The fourth-order valence-corrected chi connectivity index (χ4v) is 3.21. The second-order valence-electron chi connectivity index (χ2n) is 3.43. The van der Waals surface area contributed by atoms with E-state index in [-0.39, 0.29) is 5.91 Å². The van der Waals surface area contributed by atoms with Crippen molar-refractivity contribution in [1.29, 1.82) is 0 Å². The van der Waals surface area contributed by atoms with E-state index >= 15 is 0 Å². The molecular formula is C11H10BrNOS2. The first kappa shape index (κ1) is 11.8. The van der Waals surface area contributed by atoms with Gasteiger partial charge in [-0.3, -0.25) is 4.79 Å². The fraction of sp³-hybridized carbons (Fsp3) is 0.182. The molecule has 0 aliphatic rings. The molecule has 0 aliphatic heterocycles. The van der Waals surface area contributed by atoms with E-state index in [2.05, 4.69) is 21.3 Å². The summed E-state index contributed by atoms with van der Waals surface area (Å²) in [5.41, 5.74) is 1.92. The van der Waals surface area contributed by atoms with Gasteiger partial charge in [-0.2, -0.15) is 11.3 Å². The molecule has 1 amide bonds. The number of thiophene rings is 2. The molecule has 0 fully saturated rings. The van der Waals surface area contributed by atoms with E-state index in [9.17, 15) is 4.79 Å². The van der Waals surface area contributed by atoms with Gasteiger partial charge in [0.25, 0.3) is 5.91 Å². The molecule has 0 spiro atoms. The first-order valence-corrected chi connectivity index (χ1v) is 7.29. The molecule has 0 bridgehead atoms. The Hall–Kier alpha value is -0.650. The smallest absolute Gasteiger partial charge is 0.254 e. The minimum absolute atomic E-state index is 0.0728. The first-order chi connectivity index (χ1) is 7.66. The van der Waals surface area contributed by atoms with E-state index in [0.29, 0.717) is 6.54 Å². The SMILES string of the molecule is CN(Cc1csc(Br)c1)C(=O)c1ccsc1. The van der Waals surface area contributed by atoms with E-state index in [4.69, 9.17) is 0 Å². The molecule has 0 N–H and O–H groups in total. The van der Waals surface area contributed by atoms with Gasteiger partial charge in [0.15, 0.2) is 0 Å². The van der Waals surface area contributed by atoms with E-state index in [1.807, 2.05) is 29.9 Å². The molecule has 0 aliphatic carbocycles. The van der Waals surface area contributed by atoms with Gasteiger partial charge in [-0.1, -0.05) is 0 Å². The zero-order valence-corrected chi connectivity index (χ0v) is 11.9. The minimum atomic E-state index is 0.0728. The molecule has 2 nitrogen and oxygen atoms in total. The van der Waals surface area contributed by atoms with E-state index < -0.39 is 0 Å². The Labute approximate surface area is 111 Å². The van der Waals surface area contributed by atoms with Crippen LogP contribution in [0.15, 0.2) is 32.1 Å². The highest BCUT2D eigenvalue weighted by Gasteiger charge is 2.12. The molecule has 0 saturated heterocycles.